The highest BCUT2D eigenvalue weighted by Crippen LogP contribution is 2.32. The van der Waals surface area contributed by atoms with Gasteiger partial charge in [0, 0.05) is 16.8 Å². The molecule has 6 aromatic carbocycles. The number of nitrogens with zero attached hydrogens (tertiary/aromatic N) is 3. The first-order valence-electron chi connectivity index (χ1n) is 15.4. The molecule has 0 saturated heterocycles. The fraction of sp³-hybridized carbons (Fsp3) is 0.0952. The summed E-state index contributed by atoms with van der Waals surface area (Å²) in [5.74, 6) is 1.62. The largest absolute Gasteiger partial charge is 0.275 e. The molecule has 0 unspecified atom stereocenters. The van der Waals surface area contributed by atoms with E-state index in [1.54, 1.807) is 0 Å². The summed E-state index contributed by atoms with van der Waals surface area (Å²) < 4.78 is 2.15. The van der Waals surface area contributed by atoms with Crippen molar-refractivity contribution >= 4 is 0 Å². The molecular formula is C42H35N3. The molecule has 0 amide bonds. The van der Waals surface area contributed by atoms with Crippen molar-refractivity contribution in [2.24, 2.45) is 0 Å². The van der Waals surface area contributed by atoms with Crippen LogP contribution in [0.3, 0.4) is 0 Å². The topological polar surface area (TPSA) is 30.7 Å². The highest BCUT2D eigenvalue weighted by Gasteiger charge is 2.18. The lowest BCUT2D eigenvalue weighted by Gasteiger charge is -2.19. The average Bonchev–Trinajstić information content (AvgIpc) is 3.54. The molecule has 218 valence electrons. The van der Waals surface area contributed by atoms with E-state index < -0.39 is 0 Å². The lowest BCUT2D eigenvalue weighted by Crippen LogP contribution is -2.10. The van der Waals surface area contributed by atoms with Crippen LogP contribution < -0.4 is 0 Å². The third kappa shape index (κ3) is 5.85. The van der Waals surface area contributed by atoms with E-state index in [4.69, 9.17) is 10.2 Å². The Morgan fingerprint density at radius 3 is 1.04 bits per heavy atom. The van der Waals surface area contributed by atoms with Crippen molar-refractivity contribution in [2.75, 3.05) is 0 Å². The maximum atomic E-state index is 4.71. The molecule has 7 rings (SSSR count). The van der Waals surface area contributed by atoms with Crippen molar-refractivity contribution in [3.8, 4) is 61.8 Å². The maximum absolute atomic E-state index is 4.71. The van der Waals surface area contributed by atoms with Crippen molar-refractivity contribution in [1.82, 2.24) is 14.8 Å². The molecule has 0 aliphatic rings. The lowest BCUT2D eigenvalue weighted by molar-refractivity contribution is 0.590. The first-order valence-corrected chi connectivity index (χ1v) is 15.4. The van der Waals surface area contributed by atoms with Gasteiger partial charge >= 0.3 is 0 Å². The molecule has 0 atom stereocenters. The van der Waals surface area contributed by atoms with Gasteiger partial charge in [0.05, 0.1) is 0 Å². The van der Waals surface area contributed by atoms with Crippen LogP contribution >= 0.6 is 0 Å². The van der Waals surface area contributed by atoms with Crippen molar-refractivity contribution in [2.45, 2.75) is 26.2 Å². The Kier molecular flexibility index (Phi) is 7.44. The van der Waals surface area contributed by atoms with E-state index in [0.29, 0.717) is 0 Å². The number of hydrogen-bond acceptors (Lipinski definition) is 2. The minimum Gasteiger partial charge on any atom is -0.275 e. The molecule has 0 aliphatic heterocycles. The van der Waals surface area contributed by atoms with Gasteiger partial charge in [-0.15, -0.1) is 10.2 Å². The second-order valence-electron chi connectivity index (χ2n) is 12.4. The van der Waals surface area contributed by atoms with E-state index in [-0.39, 0.29) is 5.41 Å². The van der Waals surface area contributed by atoms with Gasteiger partial charge in [-0.1, -0.05) is 166 Å². The molecule has 1 aromatic heterocycles. The van der Waals surface area contributed by atoms with Gasteiger partial charge < -0.3 is 0 Å². The molecule has 0 N–H and O–H groups in total. The van der Waals surface area contributed by atoms with Gasteiger partial charge in [-0.2, -0.15) is 0 Å². The minimum atomic E-state index is 0.135. The van der Waals surface area contributed by atoms with Crippen LogP contribution in [0.1, 0.15) is 26.3 Å². The zero-order valence-corrected chi connectivity index (χ0v) is 25.9. The molecule has 0 saturated carbocycles. The predicted octanol–water partition coefficient (Wildman–Crippen LogP) is 10.9. The lowest BCUT2D eigenvalue weighted by atomic mass is 9.86. The summed E-state index contributed by atoms with van der Waals surface area (Å²) in [5.41, 5.74) is 11.7. The van der Waals surface area contributed by atoms with Gasteiger partial charge in [0.25, 0.3) is 0 Å². The van der Waals surface area contributed by atoms with Gasteiger partial charge in [-0.25, -0.2) is 0 Å². The third-order valence-electron chi connectivity index (χ3n) is 8.37. The van der Waals surface area contributed by atoms with Crippen LogP contribution in [0.25, 0.3) is 61.8 Å². The molecule has 0 aliphatic carbocycles. The Morgan fingerprint density at radius 2 is 0.667 bits per heavy atom. The molecule has 3 nitrogen and oxygen atoms in total. The highest BCUT2D eigenvalue weighted by molar-refractivity contribution is 5.74. The van der Waals surface area contributed by atoms with E-state index in [2.05, 4.69) is 171 Å². The summed E-state index contributed by atoms with van der Waals surface area (Å²) in [6, 6.07) is 55.6. The Morgan fingerprint density at radius 1 is 0.356 bits per heavy atom. The molecule has 7 aromatic rings. The normalized spacial score (nSPS) is 11.4. The molecule has 3 heteroatoms. The third-order valence-corrected chi connectivity index (χ3v) is 8.37. The van der Waals surface area contributed by atoms with Gasteiger partial charge in [0.1, 0.15) is 0 Å². The summed E-state index contributed by atoms with van der Waals surface area (Å²) in [7, 11) is 0. The van der Waals surface area contributed by atoms with Crippen LogP contribution in [0.15, 0.2) is 158 Å². The second kappa shape index (κ2) is 11.9. The van der Waals surface area contributed by atoms with E-state index in [9.17, 15) is 0 Å². The molecular weight excluding hydrogens is 546 g/mol. The van der Waals surface area contributed by atoms with Gasteiger partial charge in [-0.05, 0) is 56.5 Å². The van der Waals surface area contributed by atoms with Crippen molar-refractivity contribution in [3.63, 3.8) is 0 Å². The van der Waals surface area contributed by atoms with Gasteiger partial charge in [0.2, 0.25) is 0 Å². The van der Waals surface area contributed by atoms with Crippen molar-refractivity contribution in [3.05, 3.63) is 163 Å². The maximum Gasteiger partial charge on any atom is 0.168 e. The molecule has 0 bridgehead atoms. The standard InChI is InChI=1S/C42H35N3/c1-42(2,3)38-28-26-35(27-29-38)34-20-24-37(25-21-34)41-44-43-40(45(41)39-12-8-5-9-13-39)36-22-18-33(19-23-36)32-16-14-31(15-17-32)30-10-6-4-7-11-30/h4-29H,1-3H3. The van der Waals surface area contributed by atoms with Crippen LogP contribution in [0, 0.1) is 0 Å². The number of aromatic nitrogens is 3. The molecule has 0 fully saturated rings. The van der Waals surface area contributed by atoms with Gasteiger partial charge in [0.15, 0.2) is 11.6 Å². The van der Waals surface area contributed by atoms with E-state index in [0.717, 1.165) is 34.0 Å². The van der Waals surface area contributed by atoms with Crippen LogP contribution in [-0.2, 0) is 5.41 Å². The Labute approximate surface area is 265 Å². The van der Waals surface area contributed by atoms with E-state index >= 15 is 0 Å². The second-order valence-corrected chi connectivity index (χ2v) is 12.4. The summed E-state index contributed by atoms with van der Waals surface area (Å²) in [4.78, 5) is 0. The Hall–Kier alpha value is -5.54. The number of hydrogen-bond donors (Lipinski definition) is 0. The van der Waals surface area contributed by atoms with Crippen LogP contribution in [0.5, 0.6) is 0 Å². The zero-order valence-electron chi connectivity index (χ0n) is 25.9. The van der Waals surface area contributed by atoms with Crippen molar-refractivity contribution in [1.29, 1.82) is 0 Å². The summed E-state index contributed by atoms with van der Waals surface area (Å²) in [5, 5.41) is 9.43. The number of para-hydroxylation sites is 1. The molecule has 45 heavy (non-hydrogen) atoms. The zero-order chi connectivity index (χ0) is 30.8. The SMILES string of the molecule is CC(C)(C)c1ccc(-c2ccc(-c3nnc(-c4ccc(-c5ccc(-c6ccccc6)cc5)cc4)n3-c3ccccc3)cc2)cc1. The van der Waals surface area contributed by atoms with Crippen LogP contribution in [0.4, 0.5) is 0 Å². The Balaban J connectivity index is 1.20. The molecule has 0 spiro atoms. The van der Waals surface area contributed by atoms with E-state index in [1.165, 1.54) is 33.4 Å². The van der Waals surface area contributed by atoms with Crippen LogP contribution in [0.2, 0.25) is 0 Å². The predicted molar refractivity (Wildman–Crippen MR) is 187 cm³/mol. The first-order chi connectivity index (χ1) is 21.9. The van der Waals surface area contributed by atoms with Gasteiger partial charge in [-0.3, -0.25) is 4.57 Å². The monoisotopic (exact) mass is 581 g/mol. The Bertz CT molecular complexity index is 2010. The summed E-state index contributed by atoms with van der Waals surface area (Å²) in [6.45, 7) is 6.73. The molecule has 0 radical (unpaired) electrons. The summed E-state index contributed by atoms with van der Waals surface area (Å²) in [6.07, 6.45) is 0. The summed E-state index contributed by atoms with van der Waals surface area (Å²) >= 11 is 0. The fourth-order valence-electron chi connectivity index (χ4n) is 5.75. The quantitative estimate of drug-likeness (QED) is 0.196. The average molecular weight is 582 g/mol. The highest BCUT2D eigenvalue weighted by atomic mass is 15.3. The van der Waals surface area contributed by atoms with Crippen LogP contribution in [-0.4, -0.2) is 14.8 Å². The first kappa shape index (κ1) is 28.2. The minimum absolute atomic E-state index is 0.135. The van der Waals surface area contributed by atoms with E-state index in [1.807, 2.05) is 12.1 Å². The smallest absolute Gasteiger partial charge is 0.168 e. The fourth-order valence-corrected chi connectivity index (χ4v) is 5.75. The van der Waals surface area contributed by atoms with Crippen molar-refractivity contribution < 1.29 is 0 Å². The molecule has 1 heterocycles. The number of benzene rings is 6. The number of rotatable bonds is 6.